The molecule has 0 aromatic heterocycles. The van der Waals surface area contributed by atoms with Crippen molar-refractivity contribution >= 4 is 21.6 Å². The molecule has 0 saturated carbocycles. The lowest BCUT2D eigenvalue weighted by molar-refractivity contribution is 0.0950. The summed E-state index contributed by atoms with van der Waals surface area (Å²) >= 11 is 0. The van der Waals surface area contributed by atoms with Gasteiger partial charge in [-0.25, -0.2) is 12.8 Å². The molecule has 6 nitrogen and oxygen atoms in total. The highest BCUT2D eigenvalue weighted by Gasteiger charge is 2.29. The Morgan fingerprint density at radius 1 is 0.875 bits per heavy atom. The first-order valence-electron chi connectivity index (χ1n) is 10.4. The van der Waals surface area contributed by atoms with Gasteiger partial charge in [0.1, 0.15) is 5.82 Å². The van der Waals surface area contributed by atoms with Crippen molar-refractivity contribution in [3.63, 3.8) is 0 Å². The molecule has 1 heterocycles. The van der Waals surface area contributed by atoms with Gasteiger partial charge in [0.15, 0.2) is 0 Å². The number of halogens is 1. The Labute approximate surface area is 187 Å². The van der Waals surface area contributed by atoms with E-state index in [1.165, 1.54) is 28.6 Å². The molecular weight excluding hydrogens is 429 g/mol. The smallest absolute Gasteiger partial charge is 0.251 e. The molecule has 8 heteroatoms. The van der Waals surface area contributed by atoms with E-state index < -0.39 is 10.0 Å². The van der Waals surface area contributed by atoms with Crippen LogP contribution < -0.4 is 10.2 Å². The lowest BCUT2D eigenvalue weighted by atomic mass is 10.2. The molecule has 1 amide bonds. The molecule has 1 N–H and O–H groups in total. The van der Waals surface area contributed by atoms with Crippen molar-refractivity contribution in [3.05, 3.63) is 95.8 Å². The van der Waals surface area contributed by atoms with Gasteiger partial charge < -0.3 is 10.2 Å². The predicted octanol–water partition coefficient (Wildman–Crippen LogP) is 3.27. The predicted molar refractivity (Wildman–Crippen MR) is 121 cm³/mol. The molecule has 32 heavy (non-hydrogen) atoms. The van der Waals surface area contributed by atoms with Gasteiger partial charge in [-0.15, -0.1) is 0 Å². The van der Waals surface area contributed by atoms with E-state index in [0.717, 1.165) is 11.3 Å². The highest BCUT2D eigenvalue weighted by atomic mass is 32.2. The monoisotopic (exact) mass is 453 g/mol. The molecule has 0 unspecified atom stereocenters. The van der Waals surface area contributed by atoms with Crippen LogP contribution in [0.5, 0.6) is 0 Å². The van der Waals surface area contributed by atoms with Crippen molar-refractivity contribution in [3.8, 4) is 0 Å². The Kier molecular flexibility index (Phi) is 6.53. The van der Waals surface area contributed by atoms with E-state index in [9.17, 15) is 17.6 Å². The quantitative estimate of drug-likeness (QED) is 0.622. The van der Waals surface area contributed by atoms with Crippen LogP contribution in [0.1, 0.15) is 15.9 Å². The maximum absolute atomic E-state index is 13.2. The summed E-state index contributed by atoms with van der Waals surface area (Å²) < 4.78 is 40.9. The minimum Gasteiger partial charge on any atom is -0.369 e. The summed E-state index contributed by atoms with van der Waals surface area (Å²) in [6.07, 6.45) is 0. The lowest BCUT2D eigenvalue weighted by Gasteiger charge is -2.35. The molecule has 1 aliphatic heterocycles. The van der Waals surface area contributed by atoms with E-state index >= 15 is 0 Å². The molecule has 1 fully saturated rings. The Hall–Kier alpha value is -3.23. The molecule has 166 valence electrons. The number of carbonyl (C=O) groups is 1. The van der Waals surface area contributed by atoms with Crippen molar-refractivity contribution in [1.29, 1.82) is 0 Å². The average molecular weight is 454 g/mol. The SMILES string of the molecule is O=C(NCc1ccccc1)c1cccc(S(=O)(=O)N2CCN(c3ccc(F)cc3)CC2)c1. The number of benzene rings is 3. The molecular formula is C24H24FN3O3S. The second kappa shape index (κ2) is 9.50. The van der Waals surface area contributed by atoms with Gasteiger partial charge in [-0.05, 0) is 48.0 Å². The molecule has 0 radical (unpaired) electrons. The fourth-order valence-corrected chi connectivity index (χ4v) is 5.13. The molecule has 0 aliphatic carbocycles. The number of rotatable bonds is 6. The second-order valence-corrected chi connectivity index (χ2v) is 9.50. The van der Waals surface area contributed by atoms with Crippen LogP contribution in [0.3, 0.4) is 0 Å². The molecule has 1 aliphatic rings. The normalized spacial score (nSPS) is 14.8. The van der Waals surface area contributed by atoms with Gasteiger partial charge in [-0.3, -0.25) is 4.79 Å². The zero-order valence-electron chi connectivity index (χ0n) is 17.4. The van der Waals surface area contributed by atoms with Crippen LogP contribution in [0.25, 0.3) is 0 Å². The Balaban J connectivity index is 1.41. The van der Waals surface area contributed by atoms with E-state index in [2.05, 4.69) is 5.32 Å². The zero-order valence-corrected chi connectivity index (χ0v) is 18.3. The summed E-state index contributed by atoms with van der Waals surface area (Å²) in [4.78, 5) is 14.7. The maximum atomic E-state index is 13.2. The van der Waals surface area contributed by atoms with Crippen molar-refractivity contribution in [2.75, 3.05) is 31.1 Å². The van der Waals surface area contributed by atoms with E-state index in [-0.39, 0.29) is 16.6 Å². The highest BCUT2D eigenvalue weighted by Crippen LogP contribution is 2.22. The fraction of sp³-hybridized carbons (Fsp3) is 0.208. The summed E-state index contributed by atoms with van der Waals surface area (Å²) in [7, 11) is -3.73. The van der Waals surface area contributed by atoms with Crippen LogP contribution in [0, 0.1) is 5.82 Å². The summed E-state index contributed by atoms with van der Waals surface area (Å²) in [5.41, 5.74) is 2.12. The first kappa shape index (κ1) is 22.0. The Morgan fingerprint density at radius 2 is 1.56 bits per heavy atom. The lowest BCUT2D eigenvalue weighted by Crippen LogP contribution is -2.48. The zero-order chi connectivity index (χ0) is 22.6. The van der Waals surface area contributed by atoms with Crippen LogP contribution in [0.2, 0.25) is 0 Å². The summed E-state index contributed by atoms with van der Waals surface area (Å²) in [6.45, 7) is 1.99. The van der Waals surface area contributed by atoms with Crippen molar-refractivity contribution in [2.24, 2.45) is 0 Å². The minimum absolute atomic E-state index is 0.0973. The number of nitrogens with one attached hydrogen (secondary N) is 1. The third-order valence-electron chi connectivity index (χ3n) is 5.46. The third kappa shape index (κ3) is 4.98. The maximum Gasteiger partial charge on any atom is 0.251 e. The molecule has 3 aromatic carbocycles. The molecule has 0 atom stereocenters. The van der Waals surface area contributed by atoms with Crippen LogP contribution >= 0.6 is 0 Å². The average Bonchev–Trinajstić information content (AvgIpc) is 2.84. The second-order valence-electron chi connectivity index (χ2n) is 7.56. The number of carbonyl (C=O) groups excluding carboxylic acids is 1. The minimum atomic E-state index is -3.73. The third-order valence-corrected chi connectivity index (χ3v) is 7.35. The van der Waals surface area contributed by atoms with E-state index in [1.54, 1.807) is 24.3 Å². The highest BCUT2D eigenvalue weighted by molar-refractivity contribution is 7.89. The van der Waals surface area contributed by atoms with Gasteiger partial charge in [-0.2, -0.15) is 4.31 Å². The van der Waals surface area contributed by atoms with Gasteiger partial charge in [0.05, 0.1) is 4.90 Å². The summed E-state index contributed by atoms with van der Waals surface area (Å²) in [6, 6.07) is 21.8. The number of anilines is 1. The van der Waals surface area contributed by atoms with Gasteiger partial charge in [0.2, 0.25) is 10.0 Å². The van der Waals surface area contributed by atoms with Crippen molar-refractivity contribution in [1.82, 2.24) is 9.62 Å². The van der Waals surface area contributed by atoms with Crippen LogP contribution in [0.15, 0.2) is 83.8 Å². The van der Waals surface area contributed by atoms with E-state index in [0.29, 0.717) is 38.3 Å². The Bertz CT molecular complexity index is 1180. The number of hydrogen-bond acceptors (Lipinski definition) is 4. The largest absolute Gasteiger partial charge is 0.369 e. The van der Waals surface area contributed by atoms with Crippen LogP contribution in [0.4, 0.5) is 10.1 Å². The summed E-state index contributed by atoms with van der Waals surface area (Å²) in [5.74, 6) is -0.630. The Morgan fingerprint density at radius 3 is 2.25 bits per heavy atom. The number of nitrogens with zero attached hydrogens (tertiary/aromatic N) is 2. The standard InChI is InChI=1S/C24H24FN3O3S/c25-21-9-11-22(12-10-21)27-13-15-28(16-14-27)32(30,31)23-8-4-7-20(17-23)24(29)26-18-19-5-2-1-3-6-19/h1-12,17H,13-16,18H2,(H,26,29). The topological polar surface area (TPSA) is 69.7 Å². The van der Waals surface area contributed by atoms with Gasteiger partial charge in [0.25, 0.3) is 5.91 Å². The van der Waals surface area contributed by atoms with E-state index in [1.807, 2.05) is 35.2 Å². The first-order chi connectivity index (χ1) is 15.4. The van der Waals surface area contributed by atoms with Crippen LogP contribution in [-0.2, 0) is 16.6 Å². The van der Waals surface area contributed by atoms with Crippen molar-refractivity contribution < 1.29 is 17.6 Å². The summed E-state index contributed by atoms with van der Waals surface area (Å²) in [5, 5.41) is 2.82. The molecule has 0 spiro atoms. The van der Waals surface area contributed by atoms with Gasteiger partial charge >= 0.3 is 0 Å². The number of sulfonamides is 1. The molecule has 4 rings (SSSR count). The first-order valence-corrected chi connectivity index (χ1v) is 11.8. The fourth-order valence-electron chi connectivity index (χ4n) is 3.67. The molecule has 0 bridgehead atoms. The van der Waals surface area contributed by atoms with Crippen LogP contribution in [-0.4, -0.2) is 44.8 Å². The van der Waals surface area contributed by atoms with Gasteiger partial charge in [-0.1, -0.05) is 36.4 Å². The number of hydrogen-bond donors (Lipinski definition) is 1. The molecule has 1 saturated heterocycles. The van der Waals surface area contributed by atoms with Gasteiger partial charge in [0, 0.05) is 44.0 Å². The number of piperazine rings is 1. The number of amides is 1. The molecule has 3 aromatic rings. The van der Waals surface area contributed by atoms with E-state index in [4.69, 9.17) is 0 Å². The van der Waals surface area contributed by atoms with Crippen molar-refractivity contribution in [2.45, 2.75) is 11.4 Å².